The zero-order valence-electron chi connectivity index (χ0n) is 15.4. The first-order chi connectivity index (χ1) is 13.6. The fourth-order valence-corrected chi connectivity index (χ4v) is 3.73. The molecule has 0 radical (unpaired) electrons. The minimum atomic E-state index is -0.297. The summed E-state index contributed by atoms with van der Waals surface area (Å²) in [6.45, 7) is 0.586. The minimum absolute atomic E-state index is 0.199. The van der Waals surface area contributed by atoms with Crippen LogP contribution in [0.25, 0.3) is 0 Å². The van der Waals surface area contributed by atoms with Gasteiger partial charge < -0.3 is 5.73 Å². The Kier molecular flexibility index (Phi) is 5.16. The van der Waals surface area contributed by atoms with Gasteiger partial charge in [-0.1, -0.05) is 18.2 Å². The highest BCUT2D eigenvalue weighted by molar-refractivity contribution is 6.03. The summed E-state index contributed by atoms with van der Waals surface area (Å²) < 4.78 is 13.3. The van der Waals surface area contributed by atoms with Gasteiger partial charge in [-0.25, -0.2) is 4.39 Å². The number of aromatic amines is 1. The van der Waals surface area contributed by atoms with Crippen molar-refractivity contribution in [2.24, 2.45) is 5.73 Å². The lowest BCUT2D eigenvalue weighted by Gasteiger charge is -2.24. The second-order valence-corrected chi connectivity index (χ2v) is 7.10. The molecule has 4 N–H and O–H groups in total. The predicted molar refractivity (Wildman–Crippen MR) is 105 cm³/mol. The molecule has 3 aromatic rings. The molecule has 0 aliphatic heterocycles. The first-order valence-electron chi connectivity index (χ1n) is 9.42. The van der Waals surface area contributed by atoms with Gasteiger partial charge in [-0.15, -0.1) is 5.10 Å². The van der Waals surface area contributed by atoms with E-state index in [9.17, 15) is 9.18 Å². The van der Waals surface area contributed by atoms with Crippen molar-refractivity contribution in [2.75, 3.05) is 11.9 Å². The summed E-state index contributed by atoms with van der Waals surface area (Å²) in [4.78, 5) is 16.9. The number of nitrogens with one attached hydrogen (secondary N) is 2. The monoisotopic (exact) mass is 379 g/mol. The van der Waals surface area contributed by atoms with E-state index in [0.29, 0.717) is 30.3 Å². The van der Waals surface area contributed by atoms with Gasteiger partial charge in [0.15, 0.2) is 0 Å². The molecule has 0 spiro atoms. The lowest BCUT2D eigenvalue weighted by atomic mass is 9.82. The molecule has 0 fully saturated rings. The number of amides is 1. The number of anilines is 1. The Labute approximate surface area is 162 Å². The summed E-state index contributed by atoms with van der Waals surface area (Å²) in [5.74, 6) is 0.492. The van der Waals surface area contributed by atoms with Gasteiger partial charge in [-0.3, -0.25) is 15.2 Å². The van der Waals surface area contributed by atoms with Gasteiger partial charge in [0.25, 0.3) is 5.91 Å². The normalized spacial score (nSPS) is 15.9. The summed E-state index contributed by atoms with van der Waals surface area (Å²) in [5.41, 5.74) is 9.68. The zero-order valence-corrected chi connectivity index (χ0v) is 15.4. The van der Waals surface area contributed by atoms with Crippen molar-refractivity contribution in [3.8, 4) is 0 Å². The molecule has 1 unspecified atom stereocenters. The number of aromatic nitrogens is 3. The quantitative estimate of drug-likeness (QED) is 0.634. The molecule has 7 heteroatoms. The molecule has 1 aliphatic rings. The van der Waals surface area contributed by atoms with E-state index < -0.39 is 0 Å². The number of hydrogen-bond acceptors (Lipinski definition) is 4. The highest BCUT2D eigenvalue weighted by Crippen LogP contribution is 2.31. The standard InChI is InChI=1S/C21H22FN5O/c22-17-6-1-3-13(9-17)10-19-24-21(27-26-19)25-20(28)15-8-7-14-4-2-5-16(12-23)18(14)11-15/h1,3,6-9,11,16H,2,4-5,10,12,23H2,(H2,24,25,26,27,28). The van der Waals surface area contributed by atoms with Gasteiger partial charge in [0.2, 0.25) is 5.95 Å². The Morgan fingerprint density at radius 3 is 3.00 bits per heavy atom. The second-order valence-electron chi connectivity index (χ2n) is 7.10. The van der Waals surface area contributed by atoms with Crippen LogP contribution < -0.4 is 11.1 Å². The first-order valence-corrected chi connectivity index (χ1v) is 9.42. The number of nitrogens with zero attached hydrogens (tertiary/aromatic N) is 2. The van der Waals surface area contributed by atoms with Gasteiger partial charge in [0, 0.05) is 12.0 Å². The molecule has 1 aliphatic carbocycles. The number of rotatable bonds is 5. The van der Waals surface area contributed by atoms with Crippen molar-refractivity contribution >= 4 is 11.9 Å². The fourth-order valence-electron chi connectivity index (χ4n) is 3.73. The molecule has 0 bridgehead atoms. The van der Waals surface area contributed by atoms with Crippen molar-refractivity contribution in [2.45, 2.75) is 31.6 Å². The third kappa shape index (κ3) is 3.94. The first kappa shape index (κ1) is 18.3. The van der Waals surface area contributed by atoms with E-state index in [4.69, 9.17) is 5.73 Å². The van der Waals surface area contributed by atoms with E-state index in [0.717, 1.165) is 24.8 Å². The maximum atomic E-state index is 13.3. The van der Waals surface area contributed by atoms with Crippen LogP contribution in [0.3, 0.4) is 0 Å². The molecule has 1 aromatic heterocycles. The molecule has 1 heterocycles. The Morgan fingerprint density at radius 1 is 1.29 bits per heavy atom. The largest absolute Gasteiger partial charge is 0.330 e. The topological polar surface area (TPSA) is 96.7 Å². The molecule has 0 saturated heterocycles. The van der Waals surface area contributed by atoms with Gasteiger partial charge in [-0.2, -0.15) is 4.98 Å². The third-order valence-electron chi connectivity index (χ3n) is 5.15. The van der Waals surface area contributed by atoms with Crippen LogP contribution in [0.15, 0.2) is 42.5 Å². The molecule has 28 heavy (non-hydrogen) atoms. The molecular weight excluding hydrogens is 357 g/mol. The zero-order chi connectivity index (χ0) is 19.5. The number of carbonyl (C=O) groups excluding carboxylic acids is 1. The van der Waals surface area contributed by atoms with Crippen LogP contribution in [0.1, 0.15) is 51.6 Å². The summed E-state index contributed by atoms with van der Waals surface area (Å²) in [7, 11) is 0. The second kappa shape index (κ2) is 7.90. The fraction of sp³-hybridized carbons (Fsp3) is 0.286. The molecule has 6 nitrogen and oxygen atoms in total. The number of hydrogen-bond donors (Lipinski definition) is 3. The third-order valence-corrected chi connectivity index (χ3v) is 5.15. The summed E-state index contributed by atoms with van der Waals surface area (Å²) in [6, 6.07) is 12.1. The van der Waals surface area contributed by atoms with Gasteiger partial charge in [0.1, 0.15) is 11.6 Å². The van der Waals surface area contributed by atoms with Crippen LogP contribution in [0, 0.1) is 5.82 Å². The van der Waals surface area contributed by atoms with E-state index in [-0.39, 0.29) is 17.7 Å². The maximum Gasteiger partial charge on any atom is 0.258 e. The molecule has 4 rings (SSSR count). The maximum absolute atomic E-state index is 13.3. The highest BCUT2D eigenvalue weighted by Gasteiger charge is 2.21. The van der Waals surface area contributed by atoms with E-state index in [2.05, 4.69) is 20.5 Å². The molecule has 1 amide bonds. The lowest BCUT2D eigenvalue weighted by Crippen LogP contribution is -2.20. The van der Waals surface area contributed by atoms with Crippen molar-refractivity contribution in [1.82, 2.24) is 15.2 Å². The number of carbonyl (C=O) groups is 1. The van der Waals surface area contributed by atoms with E-state index in [1.165, 1.54) is 23.3 Å². The lowest BCUT2D eigenvalue weighted by molar-refractivity contribution is 0.102. The van der Waals surface area contributed by atoms with Crippen molar-refractivity contribution in [1.29, 1.82) is 0 Å². The van der Waals surface area contributed by atoms with Crippen LogP contribution in [0.4, 0.5) is 10.3 Å². The Hall–Kier alpha value is -3.06. The van der Waals surface area contributed by atoms with E-state index in [1.54, 1.807) is 6.07 Å². The number of nitrogens with two attached hydrogens (primary N) is 1. The number of H-pyrrole nitrogens is 1. The number of halogens is 1. The average Bonchev–Trinajstić information content (AvgIpc) is 3.13. The summed E-state index contributed by atoms with van der Waals surface area (Å²) >= 11 is 0. The van der Waals surface area contributed by atoms with Crippen LogP contribution in [0.5, 0.6) is 0 Å². The van der Waals surface area contributed by atoms with Crippen LogP contribution in [-0.4, -0.2) is 27.6 Å². The van der Waals surface area contributed by atoms with Crippen molar-refractivity contribution < 1.29 is 9.18 Å². The number of fused-ring (bicyclic) bond motifs is 1. The minimum Gasteiger partial charge on any atom is -0.330 e. The van der Waals surface area contributed by atoms with Gasteiger partial charge >= 0.3 is 0 Å². The summed E-state index contributed by atoms with van der Waals surface area (Å²) in [5, 5.41) is 9.54. The molecule has 0 saturated carbocycles. The number of benzene rings is 2. The van der Waals surface area contributed by atoms with Crippen LogP contribution in [0.2, 0.25) is 0 Å². The smallest absolute Gasteiger partial charge is 0.258 e. The van der Waals surface area contributed by atoms with Gasteiger partial charge in [-0.05, 0) is 72.7 Å². The number of aryl methyl sites for hydroxylation is 1. The van der Waals surface area contributed by atoms with Crippen LogP contribution >= 0.6 is 0 Å². The van der Waals surface area contributed by atoms with Crippen molar-refractivity contribution in [3.05, 3.63) is 76.4 Å². The van der Waals surface area contributed by atoms with E-state index >= 15 is 0 Å². The van der Waals surface area contributed by atoms with Crippen LogP contribution in [-0.2, 0) is 12.8 Å². The van der Waals surface area contributed by atoms with E-state index in [1.807, 2.05) is 24.3 Å². The molecule has 1 atom stereocenters. The van der Waals surface area contributed by atoms with Crippen molar-refractivity contribution in [3.63, 3.8) is 0 Å². The Bertz CT molecular complexity index is 1000. The SMILES string of the molecule is NCC1CCCc2ccc(C(=O)Nc3n[nH]c(Cc4cccc(F)c4)n3)cc21. The highest BCUT2D eigenvalue weighted by atomic mass is 19.1. The average molecular weight is 379 g/mol. The Balaban J connectivity index is 1.46. The van der Waals surface area contributed by atoms with Gasteiger partial charge in [0.05, 0.1) is 0 Å². The summed E-state index contributed by atoms with van der Waals surface area (Å²) in [6.07, 6.45) is 3.61. The molecular formula is C21H22FN5O. The molecule has 2 aromatic carbocycles. The molecule has 144 valence electrons. The Morgan fingerprint density at radius 2 is 2.18 bits per heavy atom. The predicted octanol–water partition coefficient (Wildman–Crippen LogP) is 3.17.